The third-order valence-corrected chi connectivity index (χ3v) is 4.23. The molecule has 1 unspecified atom stereocenters. The number of fused-ring (bicyclic) bond motifs is 1. The number of aromatic carboxylic acids is 1. The number of nitrogens with zero attached hydrogens (tertiary/aromatic N) is 2. The summed E-state index contributed by atoms with van der Waals surface area (Å²) in [7, 11) is 1.35. The fraction of sp³-hybridized carbons (Fsp3) is 0.353. The molecule has 0 fully saturated rings. The summed E-state index contributed by atoms with van der Waals surface area (Å²) in [4.78, 5) is 27.6. The molecule has 23 heavy (non-hydrogen) atoms. The summed E-state index contributed by atoms with van der Waals surface area (Å²) in [6, 6.07) is 9.81. The molecule has 0 saturated heterocycles. The largest absolute Gasteiger partial charge is 0.476 e. The molecule has 2 heterocycles. The number of esters is 1. The van der Waals surface area contributed by atoms with Crippen LogP contribution >= 0.6 is 0 Å². The lowest BCUT2D eigenvalue weighted by molar-refractivity contribution is -0.146. The van der Waals surface area contributed by atoms with E-state index in [9.17, 15) is 14.7 Å². The number of hydrogen-bond donors (Lipinski definition) is 1. The third kappa shape index (κ3) is 2.97. The molecule has 6 heteroatoms. The zero-order valence-electron chi connectivity index (χ0n) is 12.9. The Labute approximate surface area is 133 Å². The summed E-state index contributed by atoms with van der Waals surface area (Å²) in [6.45, 7) is 0.581. The van der Waals surface area contributed by atoms with Gasteiger partial charge in [-0.05, 0) is 12.0 Å². The average Bonchev–Trinajstić information content (AvgIpc) is 2.93. The second-order valence-corrected chi connectivity index (χ2v) is 5.66. The molecule has 6 nitrogen and oxygen atoms in total. The highest BCUT2D eigenvalue weighted by Gasteiger charge is 2.31. The van der Waals surface area contributed by atoms with Gasteiger partial charge in [-0.25, -0.2) is 9.78 Å². The molecule has 1 aromatic heterocycles. The highest BCUT2D eigenvalue weighted by atomic mass is 16.5. The number of ether oxygens (including phenoxy) is 1. The molecule has 1 aliphatic heterocycles. The zero-order chi connectivity index (χ0) is 16.4. The summed E-state index contributed by atoms with van der Waals surface area (Å²) in [5.41, 5.74) is 1.74. The molecular weight excluding hydrogens is 296 g/mol. The number of benzene rings is 1. The van der Waals surface area contributed by atoms with E-state index >= 15 is 0 Å². The minimum Gasteiger partial charge on any atom is -0.476 e. The van der Waals surface area contributed by atoms with Crippen LogP contribution in [0.25, 0.3) is 0 Å². The van der Waals surface area contributed by atoms with Gasteiger partial charge in [0.25, 0.3) is 0 Å². The van der Waals surface area contributed by atoms with E-state index < -0.39 is 5.97 Å². The first-order valence-corrected chi connectivity index (χ1v) is 7.53. The molecule has 1 atom stereocenters. The number of imidazole rings is 1. The van der Waals surface area contributed by atoms with Crippen molar-refractivity contribution in [2.24, 2.45) is 5.92 Å². The second-order valence-electron chi connectivity index (χ2n) is 5.66. The normalized spacial score (nSPS) is 16.7. The number of carbonyl (C=O) groups excluding carboxylic acids is 1. The van der Waals surface area contributed by atoms with Crippen LogP contribution in [-0.2, 0) is 28.9 Å². The quantitative estimate of drug-likeness (QED) is 0.872. The highest BCUT2D eigenvalue weighted by molar-refractivity contribution is 5.87. The van der Waals surface area contributed by atoms with Crippen LogP contribution in [0.4, 0.5) is 0 Å². The molecule has 0 radical (unpaired) electrons. The predicted octanol–water partition coefficient (Wildman–Crippen LogP) is 1.91. The van der Waals surface area contributed by atoms with E-state index in [1.165, 1.54) is 7.11 Å². The minimum atomic E-state index is -1.06. The Morgan fingerprint density at radius 2 is 2.09 bits per heavy atom. The maximum atomic E-state index is 11.8. The minimum absolute atomic E-state index is 0.0459. The van der Waals surface area contributed by atoms with E-state index in [1.807, 2.05) is 34.9 Å². The topological polar surface area (TPSA) is 81.4 Å². The summed E-state index contributed by atoms with van der Waals surface area (Å²) in [5, 5.41) is 9.41. The van der Waals surface area contributed by atoms with Crippen LogP contribution in [0.5, 0.6) is 0 Å². The van der Waals surface area contributed by atoms with Crippen molar-refractivity contribution in [3.8, 4) is 0 Å². The first-order valence-electron chi connectivity index (χ1n) is 7.53. The Morgan fingerprint density at radius 1 is 1.35 bits per heavy atom. The first kappa shape index (κ1) is 15.3. The average molecular weight is 314 g/mol. The Balaban J connectivity index is 1.95. The third-order valence-electron chi connectivity index (χ3n) is 4.23. The van der Waals surface area contributed by atoms with Crippen LogP contribution < -0.4 is 0 Å². The Morgan fingerprint density at radius 3 is 2.74 bits per heavy atom. The van der Waals surface area contributed by atoms with Crippen molar-refractivity contribution < 1.29 is 19.4 Å². The Hall–Kier alpha value is -2.63. The zero-order valence-corrected chi connectivity index (χ0v) is 12.9. The lowest BCUT2D eigenvalue weighted by atomic mass is 9.95. The fourth-order valence-corrected chi connectivity index (χ4v) is 3.08. The lowest BCUT2D eigenvalue weighted by Gasteiger charge is -2.23. The lowest BCUT2D eigenvalue weighted by Crippen LogP contribution is -2.28. The highest BCUT2D eigenvalue weighted by Crippen LogP contribution is 2.27. The van der Waals surface area contributed by atoms with Gasteiger partial charge >= 0.3 is 11.9 Å². The van der Waals surface area contributed by atoms with Gasteiger partial charge in [0.05, 0.1) is 18.7 Å². The molecular formula is C17H18N2O4. The number of aromatic nitrogens is 2. The van der Waals surface area contributed by atoms with Gasteiger partial charge in [0, 0.05) is 19.4 Å². The van der Waals surface area contributed by atoms with Crippen molar-refractivity contribution >= 4 is 11.9 Å². The maximum absolute atomic E-state index is 11.8. The standard InChI is InChI=1S/C17H18N2O4/c1-23-17(22)12-7-8-19-13(10-12)15(16(20)21)18-14(19)9-11-5-3-2-4-6-11/h2-6,12H,7-10H2,1H3,(H,20,21). The van der Waals surface area contributed by atoms with Crippen LogP contribution in [0.3, 0.4) is 0 Å². The van der Waals surface area contributed by atoms with Gasteiger partial charge in [0.2, 0.25) is 0 Å². The predicted molar refractivity (Wildman–Crippen MR) is 82.3 cm³/mol. The summed E-state index contributed by atoms with van der Waals surface area (Å²) in [6.07, 6.45) is 1.57. The number of carbonyl (C=O) groups is 2. The maximum Gasteiger partial charge on any atom is 0.356 e. The molecule has 2 aromatic rings. The van der Waals surface area contributed by atoms with Crippen molar-refractivity contribution in [3.05, 3.63) is 53.1 Å². The molecule has 120 valence electrons. The summed E-state index contributed by atoms with van der Waals surface area (Å²) < 4.78 is 6.73. The fourth-order valence-electron chi connectivity index (χ4n) is 3.08. The van der Waals surface area contributed by atoms with Gasteiger partial charge < -0.3 is 14.4 Å². The Kier molecular flexibility index (Phi) is 4.14. The smallest absolute Gasteiger partial charge is 0.356 e. The van der Waals surface area contributed by atoms with Gasteiger partial charge in [-0.15, -0.1) is 0 Å². The van der Waals surface area contributed by atoms with Crippen LogP contribution in [0, 0.1) is 5.92 Å². The van der Waals surface area contributed by atoms with Crippen molar-refractivity contribution in [2.45, 2.75) is 25.8 Å². The van der Waals surface area contributed by atoms with Crippen molar-refractivity contribution in [1.82, 2.24) is 9.55 Å². The summed E-state index contributed by atoms with van der Waals surface area (Å²) in [5.74, 6) is -0.921. The van der Waals surface area contributed by atoms with E-state index in [1.54, 1.807) is 0 Å². The first-order chi connectivity index (χ1) is 11.1. The molecule has 0 amide bonds. The van der Waals surface area contributed by atoms with Gasteiger partial charge in [0.15, 0.2) is 5.69 Å². The number of rotatable bonds is 4. The van der Waals surface area contributed by atoms with E-state index in [2.05, 4.69) is 4.98 Å². The van der Waals surface area contributed by atoms with Crippen molar-refractivity contribution in [3.63, 3.8) is 0 Å². The SMILES string of the molecule is COC(=O)C1CCn2c(Cc3ccccc3)nc(C(=O)O)c2C1. The van der Waals surface area contributed by atoms with Crippen LogP contribution in [0.2, 0.25) is 0 Å². The van der Waals surface area contributed by atoms with E-state index in [4.69, 9.17) is 4.74 Å². The van der Waals surface area contributed by atoms with Gasteiger partial charge in [-0.3, -0.25) is 4.79 Å². The second kappa shape index (κ2) is 6.24. The van der Waals surface area contributed by atoms with Gasteiger partial charge in [-0.2, -0.15) is 0 Å². The number of carboxylic acid groups (broad SMARTS) is 1. The molecule has 0 saturated carbocycles. The molecule has 1 aromatic carbocycles. The van der Waals surface area contributed by atoms with Crippen LogP contribution in [0.15, 0.2) is 30.3 Å². The van der Waals surface area contributed by atoms with Crippen LogP contribution in [0.1, 0.15) is 34.0 Å². The monoisotopic (exact) mass is 314 g/mol. The number of carboxylic acids is 1. The number of hydrogen-bond acceptors (Lipinski definition) is 4. The van der Waals surface area contributed by atoms with Crippen molar-refractivity contribution in [2.75, 3.05) is 7.11 Å². The molecule has 3 rings (SSSR count). The van der Waals surface area contributed by atoms with E-state index in [0.29, 0.717) is 31.5 Å². The number of methoxy groups -OCH3 is 1. The molecule has 0 bridgehead atoms. The summed E-state index contributed by atoms with van der Waals surface area (Å²) >= 11 is 0. The van der Waals surface area contributed by atoms with Crippen LogP contribution in [-0.4, -0.2) is 33.7 Å². The molecule has 1 N–H and O–H groups in total. The van der Waals surface area contributed by atoms with Crippen molar-refractivity contribution in [1.29, 1.82) is 0 Å². The van der Waals surface area contributed by atoms with E-state index in [0.717, 1.165) is 11.4 Å². The molecule has 0 aliphatic carbocycles. The van der Waals surface area contributed by atoms with Gasteiger partial charge in [-0.1, -0.05) is 30.3 Å². The van der Waals surface area contributed by atoms with Gasteiger partial charge in [0.1, 0.15) is 5.82 Å². The Bertz CT molecular complexity index is 737. The molecule has 0 spiro atoms. The molecule has 1 aliphatic rings. The van der Waals surface area contributed by atoms with E-state index in [-0.39, 0.29) is 17.6 Å².